The lowest BCUT2D eigenvalue weighted by atomic mass is 9.95. The van der Waals surface area contributed by atoms with Crippen LogP contribution in [0.4, 0.5) is 20.7 Å². The molecule has 0 aliphatic rings. The van der Waals surface area contributed by atoms with Crippen molar-refractivity contribution in [2.75, 3.05) is 35.2 Å². The first-order chi connectivity index (χ1) is 22.7. The molecule has 2 aromatic heterocycles. The minimum Gasteiger partial charge on any atom is -0.389 e. The molecule has 4 aromatic rings. The van der Waals surface area contributed by atoms with Crippen LogP contribution in [0.15, 0.2) is 55.1 Å². The number of benzene rings is 2. The summed E-state index contributed by atoms with van der Waals surface area (Å²) < 4.78 is 75.9. The van der Waals surface area contributed by atoms with Gasteiger partial charge in [0.25, 0.3) is 0 Å². The van der Waals surface area contributed by atoms with Gasteiger partial charge in [-0.2, -0.15) is 0 Å². The molecule has 4 rings (SSSR count). The van der Waals surface area contributed by atoms with E-state index in [1.807, 2.05) is 27.7 Å². The lowest BCUT2D eigenvalue weighted by Gasteiger charge is -2.22. The second-order valence-electron chi connectivity index (χ2n) is 12.0. The Labute approximate surface area is 287 Å². The van der Waals surface area contributed by atoms with Crippen LogP contribution in [0, 0.1) is 11.6 Å². The number of hydrogen-bond acceptors (Lipinski definition) is 9. The number of sulfonamides is 2. The first-order valence-electron chi connectivity index (χ1n) is 15.2. The third-order valence-electron chi connectivity index (χ3n) is 7.44. The van der Waals surface area contributed by atoms with Crippen LogP contribution in [0.25, 0.3) is 28.6 Å². The summed E-state index contributed by atoms with van der Waals surface area (Å²) in [7, 11) is -4.29. The van der Waals surface area contributed by atoms with E-state index >= 15 is 0 Å². The van der Waals surface area contributed by atoms with Crippen LogP contribution in [0.2, 0.25) is 0 Å². The van der Waals surface area contributed by atoms with Crippen molar-refractivity contribution in [3.05, 3.63) is 89.3 Å². The van der Waals surface area contributed by atoms with Gasteiger partial charge in [0, 0.05) is 36.3 Å². The number of nitrogens with zero attached hydrogens (tertiary/aromatic N) is 6. The molecule has 11 nitrogen and oxygen atoms in total. The molecule has 1 atom stereocenters. The van der Waals surface area contributed by atoms with Crippen molar-refractivity contribution in [1.29, 1.82) is 0 Å². The monoisotopic (exact) mass is 716 g/mol. The first-order valence-corrected chi connectivity index (χ1v) is 18.9. The number of rotatable bonds is 10. The maximum atomic E-state index is 13.3. The fourth-order valence-electron chi connectivity index (χ4n) is 4.68. The van der Waals surface area contributed by atoms with E-state index in [1.54, 1.807) is 25.1 Å². The van der Waals surface area contributed by atoms with Gasteiger partial charge in [0.05, 0.1) is 41.4 Å². The molecule has 2 heterocycles. The van der Waals surface area contributed by atoms with E-state index in [1.165, 1.54) is 50.5 Å². The Balaban J connectivity index is 0.000000266. The Morgan fingerprint density at radius 2 is 1.04 bits per heavy atom. The van der Waals surface area contributed by atoms with Gasteiger partial charge in [0.1, 0.15) is 11.6 Å². The average Bonchev–Trinajstić information content (AvgIpc) is 3.02. The minimum absolute atomic E-state index is 0.00919. The molecule has 15 heteroatoms. The molecule has 1 N–H and O–H groups in total. The summed E-state index contributed by atoms with van der Waals surface area (Å²) in [5.74, 6) is -0.703. The zero-order valence-corrected chi connectivity index (χ0v) is 30.6. The van der Waals surface area contributed by atoms with Crippen LogP contribution in [0.1, 0.15) is 75.1 Å². The third kappa shape index (κ3) is 9.43. The van der Waals surface area contributed by atoms with E-state index in [4.69, 9.17) is 0 Å². The summed E-state index contributed by atoms with van der Waals surface area (Å²) >= 11 is 0. The van der Waals surface area contributed by atoms with Gasteiger partial charge in [-0.25, -0.2) is 54.2 Å². The normalized spacial score (nSPS) is 12.4. The summed E-state index contributed by atoms with van der Waals surface area (Å²) in [5, 5.41) is 10.3. The highest BCUT2D eigenvalue weighted by Crippen LogP contribution is 2.34. The van der Waals surface area contributed by atoms with Crippen molar-refractivity contribution >= 4 is 38.0 Å². The van der Waals surface area contributed by atoms with Gasteiger partial charge >= 0.3 is 0 Å². The molecule has 0 saturated heterocycles. The fourth-order valence-corrected chi connectivity index (χ4v) is 5.43. The average molecular weight is 717 g/mol. The van der Waals surface area contributed by atoms with E-state index in [0.29, 0.717) is 45.0 Å². The Bertz CT molecular complexity index is 2020. The highest BCUT2D eigenvalue weighted by Gasteiger charge is 2.25. The van der Waals surface area contributed by atoms with E-state index in [2.05, 4.69) is 26.5 Å². The van der Waals surface area contributed by atoms with Crippen molar-refractivity contribution in [2.45, 2.75) is 52.6 Å². The Morgan fingerprint density at radius 3 is 1.39 bits per heavy atom. The van der Waals surface area contributed by atoms with E-state index in [9.17, 15) is 30.7 Å². The van der Waals surface area contributed by atoms with Crippen LogP contribution >= 0.6 is 0 Å². The van der Waals surface area contributed by atoms with Gasteiger partial charge in [-0.3, -0.25) is 0 Å². The predicted octanol–water partition coefficient (Wildman–Crippen LogP) is 6.30. The molecule has 0 spiro atoms. The van der Waals surface area contributed by atoms with Crippen LogP contribution in [0.3, 0.4) is 0 Å². The quantitative estimate of drug-likeness (QED) is 0.200. The Hall–Kier alpha value is -4.34. The number of aromatic nitrogens is 4. The van der Waals surface area contributed by atoms with Crippen molar-refractivity contribution in [2.24, 2.45) is 0 Å². The topological polar surface area (TPSA) is 147 Å². The summed E-state index contributed by atoms with van der Waals surface area (Å²) in [6.45, 7) is 13.1. The van der Waals surface area contributed by atoms with Gasteiger partial charge in [-0.15, -0.1) is 0 Å². The predicted molar refractivity (Wildman–Crippen MR) is 190 cm³/mol. The second kappa shape index (κ2) is 15.5. The summed E-state index contributed by atoms with van der Waals surface area (Å²) in [6, 6.07) is 11.5. The fraction of sp³-hybridized carbons (Fsp3) is 0.353. The molecule has 1 unspecified atom stereocenters. The molecule has 264 valence electrons. The molecule has 0 bridgehead atoms. The zero-order chi connectivity index (χ0) is 37.0. The first kappa shape index (κ1) is 39.1. The van der Waals surface area contributed by atoms with E-state index < -0.39 is 32.0 Å². The van der Waals surface area contributed by atoms with E-state index in [0.717, 1.165) is 21.1 Å². The molecule has 0 aliphatic heterocycles. The minimum atomic E-state index is -3.55. The van der Waals surface area contributed by atoms with Crippen molar-refractivity contribution in [3.8, 4) is 22.5 Å². The molecule has 49 heavy (non-hydrogen) atoms. The number of aliphatic hydroxyl groups excluding tert-OH is 1. The number of halogens is 2. The number of aliphatic hydroxyl groups is 1. The van der Waals surface area contributed by atoms with Crippen LogP contribution in [-0.4, -0.2) is 68.5 Å². The van der Waals surface area contributed by atoms with Crippen LogP contribution < -0.4 is 8.61 Å². The van der Waals surface area contributed by atoms with Gasteiger partial charge in [0.15, 0.2) is 0 Å². The van der Waals surface area contributed by atoms with Gasteiger partial charge in [-0.05, 0) is 67.3 Å². The molecule has 0 fully saturated rings. The molecule has 2 aromatic carbocycles. The second-order valence-corrected chi connectivity index (χ2v) is 16.0. The van der Waals surface area contributed by atoms with E-state index in [-0.39, 0.29) is 29.5 Å². The lowest BCUT2D eigenvalue weighted by molar-refractivity contribution is 0.197. The largest absolute Gasteiger partial charge is 0.389 e. The Kier molecular flexibility index (Phi) is 12.3. The SMILES string of the molecule is C=Cc1c(-c2ccc(F)cc2)nc(N(C)S(C)(=O)=O)nc1C(C)C.CC(C)c1nc(N(C)S(C)(=O)=O)nc(-c2ccc(F)cc2)c1C(C)O. The van der Waals surface area contributed by atoms with Crippen LogP contribution in [-0.2, 0) is 20.0 Å². The van der Waals surface area contributed by atoms with Crippen molar-refractivity contribution in [3.63, 3.8) is 0 Å². The smallest absolute Gasteiger partial charge is 0.239 e. The Morgan fingerprint density at radius 1 is 0.673 bits per heavy atom. The number of hydrogen-bond donors (Lipinski definition) is 1. The highest BCUT2D eigenvalue weighted by molar-refractivity contribution is 7.92. The van der Waals surface area contributed by atoms with Gasteiger partial charge < -0.3 is 5.11 Å². The third-order valence-corrected chi connectivity index (χ3v) is 9.75. The maximum Gasteiger partial charge on any atom is 0.239 e. The summed E-state index contributed by atoms with van der Waals surface area (Å²) in [5.41, 5.74) is 4.60. The van der Waals surface area contributed by atoms with Gasteiger partial charge in [-0.1, -0.05) is 40.3 Å². The zero-order valence-electron chi connectivity index (χ0n) is 29.0. The molecule has 0 aliphatic carbocycles. The lowest BCUT2D eigenvalue weighted by Crippen LogP contribution is -2.28. The molecular weight excluding hydrogens is 675 g/mol. The van der Waals surface area contributed by atoms with Gasteiger partial charge in [0.2, 0.25) is 31.9 Å². The highest BCUT2D eigenvalue weighted by atomic mass is 32.2. The molecule has 0 saturated carbocycles. The van der Waals surface area contributed by atoms with Crippen LogP contribution in [0.5, 0.6) is 0 Å². The summed E-state index contributed by atoms with van der Waals surface area (Å²) in [6.07, 6.45) is 2.92. The van der Waals surface area contributed by atoms with Crippen molar-refractivity contribution in [1.82, 2.24) is 19.9 Å². The molecule has 0 radical (unpaired) electrons. The molecule has 0 amide bonds. The maximum absolute atomic E-state index is 13.3. The standard InChI is InChI=1S/C17H22FN3O3S.C17H20FN3O2S/c1-10(2)15-14(11(3)22)16(12-6-8-13(18)9-7-12)20-17(19-15)21(4)25(5,23)24;1-6-14-15(11(2)3)19-17(21(4)24(5,22)23)20-16(14)12-7-9-13(18)10-8-12/h6-11,22H,1-5H3;6-11H,1H2,2-5H3. The summed E-state index contributed by atoms with van der Waals surface area (Å²) in [4.78, 5) is 17.5. The van der Waals surface area contributed by atoms with Crippen molar-refractivity contribution < 1.29 is 30.7 Å². The molecular formula is C34H42F2N6O5S2. The number of anilines is 2.